The van der Waals surface area contributed by atoms with Crippen LogP contribution in [0.3, 0.4) is 0 Å². The maximum absolute atomic E-state index is 4.21. The van der Waals surface area contributed by atoms with Gasteiger partial charge in [0.1, 0.15) is 0 Å². The Hall–Kier alpha value is -2.20. The molecular weight excluding hydrogens is 362 g/mol. The molecule has 0 aliphatic heterocycles. The minimum Gasteiger partial charge on any atom is -0.359 e. The largest absolute Gasteiger partial charge is 0.359 e. The van der Waals surface area contributed by atoms with Gasteiger partial charge in [0.2, 0.25) is 0 Å². The summed E-state index contributed by atoms with van der Waals surface area (Å²) in [5.74, 6) is 5.36. The highest BCUT2D eigenvalue weighted by Gasteiger charge is 2.14. The Labute approximate surface area is 188 Å². The van der Waals surface area contributed by atoms with E-state index in [9.17, 15) is 0 Å². The Bertz CT molecular complexity index is 749. The van der Waals surface area contributed by atoms with E-state index in [2.05, 4.69) is 76.2 Å². The van der Waals surface area contributed by atoms with Crippen molar-refractivity contribution in [3.63, 3.8) is 0 Å². The fourth-order valence-corrected chi connectivity index (χ4v) is 3.29. The topological polar surface area (TPSA) is 15.8 Å². The molecule has 0 saturated heterocycles. The van der Waals surface area contributed by atoms with Crippen LogP contribution in [0.5, 0.6) is 0 Å². The first-order valence-corrected chi connectivity index (χ1v) is 11.6. The van der Waals surface area contributed by atoms with E-state index in [0.717, 1.165) is 5.57 Å². The Morgan fingerprint density at radius 1 is 0.967 bits per heavy atom. The SMILES string of the molecule is C=C(C)/C(=C\c1cc2c([nH]1)CCCC2)C(=C(C)C)/C(C)=C\C.CC.CC.CC#CC. The second-order valence-electron chi connectivity index (χ2n) is 7.12. The van der Waals surface area contributed by atoms with Crippen molar-refractivity contribution in [2.24, 2.45) is 0 Å². The van der Waals surface area contributed by atoms with E-state index in [-0.39, 0.29) is 0 Å². The van der Waals surface area contributed by atoms with Crippen LogP contribution < -0.4 is 0 Å². The second-order valence-corrected chi connectivity index (χ2v) is 7.12. The first-order valence-electron chi connectivity index (χ1n) is 11.6. The molecule has 0 fully saturated rings. The molecule has 168 valence electrons. The Morgan fingerprint density at radius 3 is 1.90 bits per heavy atom. The van der Waals surface area contributed by atoms with Crippen LogP contribution in [-0.2, 0) is 12.8 Å². The zero-order valence-electron chi connectivity index (χ0n) is 21.8. The van der Waals surface area contributed by atoms with Gasteiger partial charge in [0.15, 0.2) is 0 Å². The molecule has 1 aliphatic carbocycles. The van der Waals surface area contributed by atoms with Gasteiger partial charge in [-0.25, -0.2) is 0 Å². The quantitative estimate of drug-likeness (QED) is 0.376. The summed E-state index contributed by atoms with van der Waals surface area (Å²) in [7, 11) is 0. The molecule has 2 rings (SSSR count). The number of hydrogen-bond donors (Lipinski definition) is 1. The average Bonchev–Trinajstić information content (AvgIpc) is 3.18. The highest BCUT2D eigenvalue weighted by molar-refractivity contribution is 5.68. The van der Waals surface area contributed by atoms with E-state index in [1.165, 1.54) is 64.9 Å². The molecule has 0 aromatic carbocycles. The molecule has 1 heterocycles. The van der Waals surface area contributed by atoms with E-state index in [1.54, 1.807) is 0 Å². The number of nitrogens with one attached hydrogen (secondary N) is 1. The van der Waals surface area contributed by atoms with Crippen molar-refractivity contribution in [3.8, 4) is 11.8 Å². The molecule has 30 heavy (non-hydrogen) atoms. The summed E-state index contributed by atoms with van der Waals surface area (Å²) in [4.78, 5) is 3.61. The van der Waals surface area contributed by atoms with Gasteiger partial charge in [-0.15, -0.1) is 11.8 Å². The van der Waals surface area contributed by atoms with Crippen LogP contribution in [0, 0.1) is 11.8 Å². The molecule has 1 N–H and O–H groups in total. The lowest BCUT2D eigenvalue weighted by Crippen LogP contribution is -1.99. The molecule has 1 aromatic heterocycles. The maximum atomic E-state index is 4.21. The zero-order chi connectivity index (χ0) is 23.7. The molecule has 0 amide bonds. The number of hydrogen-bond acceptors (Lipinski definition) is 0. The van der Waals surface area contributed by atoms with Crippen LogP contribution in [0.25, 0.3) is 6.08 Å². The number of allylic oxidation sites excluding steroid dienone is 6. The van der Waals surface area contributed by atoms with Crippen LogP contribution in [0.1, 0.15) is 106 Å². The van der Waals surface area contributed by atoms with Gasteiger partial charge in [-0.05, 0) is 109 Å². The fourth-order valence-electron chi connectivity index (χ4n) is 3.29. The lowest BCUT2D eigenvalue weighted by molar-refractivity contribution is 0.677. The maximum Gasteiger partial charge on any atom is 0.0391 e. The Balaban J connectivity index is 0. The second kappa shape index (κ2) is 17.6. The van der Waals surface area contributed by atoms with Gasteiger partial charge >= 0.3 is 0 Å². The summed E-state index contributed by atoms with van der Waals surface area (Å²) in [6, 6.07) is 2.32. The first-order chi connectivity index (χ1) is 14.3. The predicted molar refractivity (Wildman–Crippen MR) is 140 cm³/mol. The average molecular weight is 410 g/mol. The van der Waals surface area contributed by atoms with Gasteiger partial charge in [0.05, 0.1) is 0 Å². The van der Waals surface area contributed by atoms with E-state index >= 15 is 0 Å². The number of aromatic amines is 1. The third-order valence-corrected chi connectivity index (χ3v) is 4.74. The normalized spacial score (nSPS) is 12.2. The monoisotopic (exact) mass is 409 g/mol. The number of aryl methyl sites for hydroxylation is 2. The van der Waals surface area contributed by atoms with Crippen LogP contribution in [0.15, 0.2) is 46.6 Å². The molecule has 1 aliphatic rings. The lowest BCUT2D eigenvalue weighted by Gasteiger charge is -2.15. The number of aromatic nitrogens is 1. The van der Waals surface area contributed by atoms with Crippen molar-refractivity contribution >= 4 is 6.08 Å². The van der Waals surface area contributed by atoms with Gasteiger partial charge in [0.25, 0.3) is 0 Å². The van der Waals surface area contributed by atoms with Crippen molar-refractivity contribution in [3.05, 3.63) is 63.5 Å². The number of H-pyrrole nitrogens is 1. The molecule has 1 heteroatoms. The molecule has 1 aromatic rings. The van der Waals surface area contributed by atoms with Gasteiger partial charge in [-0.1, -0.05) is 51.5 Å². The van der Waals surface area contributed by atoms with E-state index in [1.807, 2.05) is 41.5 Å². The first kappa shape index (κ1) is 30.0. The summed E-state index contributed by atoms with van der Waals surface area (Å²) in [6.45, 7) is 26.6. The van der Waals surface area contributed by atoms with Crippen molar-refractivity contribution in [1.29, 1.82) is 0 Å². The summed E-state index contributed by atoms with van der Waals surface area (Å²) in [5, 5.41) is 0. The van der Waals surface area contributed by atoms with E-state index < -0.39 is 0 Å². The van der Waals surface area contributed by atoms with Crippen LogP contribution in [0.2, 0.25) is 0 Å². The van der Waals surface area contributed by atoms with Crippen molar-refractivity contribution in [1.82, 2.24) is 4.98 Å². The summed E-state index contributed by atoms with van der Waals surface area (Å²) >= 11 is 0. The highest BCUT2D eigenvalue weighted by Crippen LogP contribution is 2.30. The van der Waals surface area contributed by atoms with Crippen molar-refractivity contribution < 1.29 is 0 Å². The highest BCUT2D eigenvalue weighted by atomic mass is 14.7. The predicted octanol–water partition coefficient (Wildman–Crippen LogP) is 9.24. The molecule has 0 atom stereocenters. The van der Waals surface area contributed by atoms with Crippen molar-refractivity contribution in [2.75, 3.05) is 0 Å². The Kier molecular flexibility index (Phi) is 17.6. The third kappa shape index (κ3) is 10.0. The molecule has 0 radical (unpaired) electrons. The van der Waals surface area contributed by atoms with Gasteiger partial charge < -0.3 is 4.98 Å². The molecule has 1 nitrogen and oxygen atoms in total. The standard InChI is InChI=1S/C21H29N.C4H6.2C2H6/c1-7-16(6)21(15(4)5)19(14(2)3)13-18-12-17-10-8-9-11-20(17)22-18;1-3-4-2;2*1-2/h7,12-13,22H,2,8-11H2,1,3-6H3;1-2H3;2*1-2H3/b16-7-,19-13+;;;. The number of fused-ring (bicyclic) bond motifs is 1. The minimum atomic E-state index is 1.12. The summed E-state index contributed by atoms with van der Waals surface area (Å²) in [6.07, 6.45) is 9.48. The van der Waals surface area contributed by atoms with Crippen molar-refractivity contribution in [2.45, 2.75) is 102 Å². The van der Waals surface area contributed by atoms with Crippen LogP contribution >= 0.6 is 0 Å². The van der Waals surface area contributed by atoms with Gasteiger partial charge in [-0.2, -0.15) is 0 Å². The lowest BCUT2D eigenvalue weighted by atomic mass is 9.90. The van der Waals surface area contributed by atoms with E-state index in [4.69, 9.17) is 0 Å². The zero-order valence-corrected chi connectivity index (χ0v) is 21.8. The minimum absolute atomic E-state index is 1.12. The van der Waals surface area contributed by atoms with Gasteiger partial charge in [-0.3, -0.25) is 0 Å². The molecule has 0 bridgehead atoms. The Morgan fingerprint density at radius 2 is 1.50 bits per heavy atom. The molecule has 0 spiro atoms. The molecular formula is C29H47N. The summed E-state index contributed by atoms with van der Waals surface area (Å²) in [5.41, 5.74) is 10.5. The van der Waals surface area contributed by atoms with Gasteiger partial charge in [0, 0.05) is 11.4 Å². The fraction of sp³-hybridized carbons (Fsp3) is 0.517. The summed E-state index contributed by atoms with van der Waals surface area (Å²) < 4.78 is 0. The number of rotatable bonds is 4. The third-order valence-electron chi connectivity index (χ3n) is 4.74. The van der Waals surface area contributed by atoms with Crippen LogP contribution in [-0.4, -0.2) is 4.98 Å². The van der Waals surface area contributed by atoms with E-state index in [0.29, 0.717) is 0 Å². The van der Waals surface area contributed by atoms with Crippen LogP contribution in [0.4, 0.5) is 0 Å². The smallest absolute Gasteiger partial charge is 0.0391 e. The molecule has 0 saturated carbocycles. The molecule has 0 unspecified atom stereocenters.